The lowest BCUT2D eigenvalue weighted by molar-refractivity contribution is -0.139. The Hall–Kier alpha value is -3.39. The molecular formula is C31H32F3NO4. The molecular weight excluding hydrogens is 507 g/mol. The first-order valence-corrected chi connectivity index (χ1v) is 13.0. The normalized spacial score (nSPS) is 20.7. The van der Waals surface area contributed by atoms with E-state index in [0.29, 0.717) is 41.6 Å². The summed E-state index contributed by atoms with van der Waals surface area (Å²) in [6.45, 7) is 7.77. The average Bonchev–Trinajstić information content (AvgIpc) is 3.47. The number of rotatable bonds is 7. The first-order valence-electron chi connectivity index (χ1n) is 13.0. The summed E-state index contributed by atoms with van der Waals surface area (Å²) >= 11 is 0. The number of benzene rings is 2. The van der Waals surface area contributed by atoms with E-state index in [2.05, 4.69) is 4.98 Å². The third-order valence-corrected chi connectivity index (χ3v) is 8.07. The molecule has 5 nitrogen and oxygen atoms in total. The van der Waals surface area contributed by atoms with Crippen LogP contribution in [0.1, 0.15) is 67.7 Å². The van der Waals surface area contributed by atoms with Crippen LogP contribution in [0.3, 0.4) is 0 Å². The molecule has 2 aromatic carbocycles. The molecule has 1 spiro atoms. The predicted octanol–water partition coefficient (Wildman–Crippen LogP) is 7.08. The lowest BCUT2D eigenvalue weighted by Gasteiger charge is -2.32. The molecule has 8 heteroatoms. The molecule has 1 heterocycles. The number of fused-ring (bicyclic) bond motifs is 2. The van der Waals surface area contributed by atoms with Crippen molar-refractivity contribution in [2.24, 2.45) is 11.3 Å². The molecule has 0 saturated heterocycles. The van der Waals surface area contributed by atoms with Crippen LogP contribution in [0.25, 0.3) is 11.1 Å². The Morgan fingerprint density at radius 1 is 1.15 bits per heavy atom. The van der Waals surface area contributed by atoms with Crippen molar-refractivity contribution in [1.82, 2.24) is 4.98 Å². The molecule has 0 amide bonds. The first-order chi connectivity index (χ1) is 18.4. The number of pyridine rings is 1. The van der Waals surface area contributed by atoms with Crippen LogP contribution in [-0.4, -0.2) is 23.2 Å². The zero-order valence-corrected chi connectivity index (χ0v) is 22.7. The topological polar surface area (TPSA) is 68.7 Å². The van der Waals surface area contributed by atoms with E-state index in [9.17, 15) is 18.7 Å². The van der Waals surface area contributed by atoms with Crippen molar-refractivity contribution >= 4 is 5.97 Å². The molecule has 0 bridgehead atoms. The van der Waals surface area contributed by atoms with Crippen molar-refractivity contribution in [1.29, 1.82) is 0 Å². The Bertz CT molecular complexity index is 1470. The highest BCUT2D eigenvalue weighted by Gasteiger charge is 2.63. The van der Waals surface area contributed by atoms with E-state index in [4.69, 9.17) is 9.47 Å². The maximum absolute atomic E-state index is 15.7. The SMILES string of the molecule is CO[C@H](c1cc(COc2cc(F)c3c(c2F)[C@@]2(CC3)C[C@@H]2C(=O)O)ccc1-c1cc(C)ncc1F)C(C)(C)C. The van der Waals surface area contributed by atoms with Crippen LogP contribution in [0.5, 0.6) is 5.75 Å². The van der Waals surface area contributed by atoms with Crippen molar-refractivity contribution in [3.05, 3.63) is 81.9 Å². The second-order valence-electron chi connectivity index (χ2n) is 11.8. The Labute approximate surface area is 226 Å². The van der Waals surface area contributed by atoms with Crippen LogP contribution in [0.4, 0.5) is 13.2 Å². The Morgan fingerprint density at radius 3 is 2.54 bits per heavy atom. The van der Waals surface area contributed by atoms with Crippen LogP contribution in [-0.2, 0) is 28.0 Å². The predicted molar refractivity (Wildman–Crippen MR) is 140 cm³/mol. The fourth-order valence-electron chi connectivity index (χ4n) is 6.19. The summed E-state index contributed by atoms with van der Waals surface area (Å²) in [4.78, 5) is 15.6. The summed E-state index contributed by atoms with van der Waals surface area (Å²) in [7, 11) is 1.60. The number of methoxy groups -OCH3 is 1. The second kappa shape index (κ2) is 9.66. The van der Waals surface area contributed by atoms with Gasteiger partial charge in [0.15, 0.2) is 11.6 Å². The standard InChI is InChI=1S/C31H32F3NO4/c1-16-10-20(24(33)14-35-16)18-7-6-17(11-21(18)28(38-5)30(2,3)4)15-39-25-12-23(32)19-8-9-31(26(19)27(25)34)13-22(31)29(36)37/h6-7,10-12,14,22,28H,8-9,13,15H2,1-5H3,(H,36,37)/t22-,28-,31+/m1/s1. The van der Waals surface area contributed by atoms with Crippen LogP contribution >= 0.6 is 0 Å². The van der Waals surface area contributed by atoms with Gasteiger partial charge in [0, 0.05) is 35.4 Å². The molecule has 2 aliphatic carbocycles. The van der Waals surface area contributed by atoms with Gasteiger partial charge < -0.3 is 14.6 Å². The number of carbonyl (C=O) groups is 1. The fraction of sp³-hybridized carbons (Fsp3) is 0.419. The molecule has 0 radical (unpaired) electrons. The highest BCUT2D eigenvalue weighted by atomic mass is 19.1. The molecule has 1 fully saturated rings. The van der Waals surface area contributed by atoms with Crippen LogP contribution in [0.15, 0.2) is 36.5 Å². The third-order valence-electron chi connectivity index (χ3n) is 8.07. The number of aliphatic carboxylic acids is 1. The molecule has 0 unspecified atom stereocenters. The number of carboxylic acids is 1. The van der Waals surface area contributed by atoms with Gasteiger partial charge in [0.25, 0.3) is 0 Å². The molecule has 3 aromatic rings. The number of hydrogen-bond donors (Lipinski definition) is 1. The van der Waals surface area contributed by atoms with Crippen molar-refractivity contribution in [2.45, 2.75) is 65.1 Å². The van der Waals surface area contributed by atoms with E-state index in [1.54, 1.807) is 32.2 Å². The van der Waals surface area contributed by atoms with Gasteiger partial charge in [-0.05, 0) is 66.0 Å². The average molecular weight is 540 g/mol. The Morgan fingerprint density at radius 2 is 1.90 bits per heavy atom. The molecule has 1 N–H and O–H groups in total. The molecule has 1 saturated carbocycles. The molecule has 39 heavy (non-hydrogen) atoms. The molecule has 3 atom stereocenters. The number of aromatic nitrogens is 1. The van der Waals surface area contributed by atoms with Gasteiger partial charge in [-0.15, -0.1) is 0 Å². The van der Waals surface area contributed by atoms with E-state index < -0.39 is 40.9 Å². The molecule has 5 rings (SSSR count). The van der Waals surface area contributed by atoms with Crippen molar-refractivity contribution < 1.29 is 32.5 Å². The molecule has 206 valence electrons. The summed E-state index contributed by atoms with van der Waals surface area (Å²) in [5.74, 6) is -3.68. The van der Waals surface area contributed by atoms with E-state index in [1.165, 1.54) is 6.20 Å². The van der Waals surface area contributed by atoms with Gasteiger partial charge in [-0.3, -0.25) is 9.78 Å². The van der Waals surface area contributed by atoms with Crippen LogP contribution in [0.2, 0.25) is 0 Å². The number of ether oxygens (including phenoxy) is 2. The quantitative estimate of drug-likeness (QED) is 0.348. The number of carboxylic acid groups (broad SMARTS) is 1. The Balaban J connectivity index is 1.50. The van der Waals surface area contributed by atoms with Crippen molar-refractivity contribution in [3.8, 4) is 16.9 Å². The number of halogens is 3. The number of aryl methyl sites for hydroxylation is 1. The molecule has 2 aliphatic rings. The zero-order valence-electron chi connectivity index (χ0n) is 22.7. The van der Waals surface area contributed by atoms with E-state index in [1.807, 2.05) is 26.8 Å². The summed E-state index contributed by atoms with van der Waals surface area (Å²) in [6.07, 6.45) is 1.81. The lowest BCUT2D eigenvalue weighted by Crippen LogP contribution is -2.21. The van der Waals surface area contributed by atoms with E-state index >= 15 is 4.39 Å². The summed E-state index contributed by atoms with van der Waals surface area (Å²) < 4.78 is 57.1. The highest BCUT2D eigenvalue weighted by molar-refractivity contribution is 5.78. The smallest absolute Gasteiger partial charge is 0.307 e. The zero-order chi connectivity index (χ0) is 28.3. The largest absolute Gasteiger partial charge is 0.486 e. The maximum Gasteiger partial charge on any atom is 0.307 e. The minimum absolute atomic E-state index is 0.0732. The van der Waals surface area contributed by atoms with Gasteiger partial charge in [0.05, 0.1) is 18.2 Å². The fourth-order valence-corrected chi connectivity index (χ4v) is 6.19. The number of nitrogens with zero attached hydrogens (tertiary/aromatic N) is 1. The first kappa shape index (κ1) is 27.2. The monoisotopic (exact) mass is 539 g/mol. The maximum atomic E-state index is 15.7. The van der Waals surface area contributed by atoms with Gasteiger partial charge in [0.1, 0.15) is 18.2 Å². The highest BCUT2D eigenvalue weighted by Crippen LogP contribution is 2.63. The van der Waals surface area contributed by atoms with Crippen molar-refractivity contribution in [2.75, 3.05) is 7.11 Å². The summed E-state index contributed by atoms with van der Waals surface area (Å²) in [5.41, 5.74) is 2.31. The Kier molecular flexibility index (Phi) is 6.74. The van der Waals surface area contributed by atoms with Gasteiger partial charge in [0.2, 0.25) is 0 Å². The minimum Gasteiger partial charge on any atom is -0.486 e. The van der Waals surface area contributed by atoms with E-state index in [0.717, 1.165) is 11.6 Å². The number of hydrogen-bond acceptors (Lipinski definition) is 4. The van der Waals surface area contributed by atoms with Gasteiger partial charge in [-0.25, -0.2) is 13.2 Å². The van der Waals surface area contributed by atoms with Gasteiger partial charge in [-0.1, -0.05) is 32.9 Å². The van der Waals surface area contributed by atoms with Gasteiger partial charge in [-0.2, -0.15) is 0 Å². The molecule has 1 aromatic heterocycles. The lowest BCUT2D eigenvalue weighted by atomic mass is 9.81. The van der Waals surface area contributed by atoms with Gasteiger partial charge >= 0.3 is 5.97 Å². The van der Waals surface area contributed by atoms with E-state index in [-0.39, 0.29) is 28.9 Å². The van der Waals surface area contributed by atoms with Crippen molar-refractivity contribution in [3.63, 3.8) is 0 Å². The van der Waals surface area contributed by atoms with Crippen LogP contribution in [0, 0.1) is 35.7 Å². The second-order valence-corrected chi connectivity index (χ2v) is 11.8. The third kappa shape index (κ3) is 4.69. The minimum atomic E-state index is -0.992. The summed E-state index contributed by atoms with van der Waals surface area (Å²) in [6, 6.07) is 8.10. The molecule has 0 aliphatic heterocycles. The van der Waals surface area contributed by atoms with Crippen LogP contribution < -0.4 is 4.74 Å². The summed E-state index contributed by atoms with van der Waals surface area (Å²) in [5, 5.41) is 9.49.